The molecule has 11 nitrogen and oxygen atoms in total. The molecule has 198 valence electrons. The molecule has 3 amide bonds. The number of rotatable bonds is 6. The van der Waals surface area contributed by atoms with Crippen LogP contribution in [-0.2, 0) is 47.0 Å². The molecular weight excluding hydrogens is 500 g/mol. The predicted octanol–water partition coefficient (Wildman–Crippen LogP) is 1.07. The summed E-state index contributed by atoms with van der Waals surface area (Å²) < 4.78 is 4.03. The van der Waals surface area contributed by atoms with Crippen molar-refractivity contribution < 1.29 is 14.4 Å². The number of benzene rings is 2. The van der Waals surface area contributed by atoms with Crippen molar-refractivity contribution in [1.82, 2.24) is 23.6 Å². The average Bonchev–Trinajstić information content (AvgIpc) is 3.53. The third-order valence-corrected chi connectivity index (χ3v) is 7.74. The van der Waals surface area contributed by atoms with E-state index in [4.69, 9.17) is 0 Å². The van der Waals surface area contributed by atoms with Crippen LogP contribution in [0.25, 0.3) is 11.2 Å². The fourth-order valence-corrected chi connectivity index (χ4v) is 5.77. The molecule has 4 aromatic rings. The monoisotopic (exact) mass is 526 g/mol. The standard InChI is InChI=1S/C28H26N6O5/c1-30-17-29-23-22(30)24(36)33(27(39)31(23)2)14-8-13-32-20-12-7-6-11-19(20)28(25(32)37)15-21(35)34(26(28)38)16-18-9-4-3-5-10-18/h3-7,9-12,17H,8,13-16H2,1-2H3. The Morgan fingerprint density at radius 3 is 2.31 bits per heavy atom. The Balaban J connectivity index is 1.29. The lowest BCUT2D eigenvalue weighted by atomic mass is 9.80. The second kappa shape index (κ2) is 8.90. The summed E-state index contributed by atoms with van der Waals surface area (Å²) >= 11 is 0. The van der Waals surface area contributed by atoms with Gasteiger partial charge >= 0.3 is 5.69 Å². The number of carbonyl (C=O) groups is 3. The number of likely N-dealkylation sites (tertiary alicyclic amines) is 1. The molecule has 11 heteroatoms. The number of carbonyl (C=O) groups excluding carboxylic acids is 3. The summed E-state index contributed by atoms with van der Waals surface area (Å²) in [5.41, 5.74) is -0.0748. The highest BCUT2D eigenvalue weighted by molar-refractivity contribution is 6.28. The molecule has 2 aliphatic rings. The maximum Gasteiger partial charge on any atom is 0.332 e. The normalized spacial score (nSPS) is 18.7. The van der Waals surface area contributed by atoms with Crippen molar-refractivity contribution in [2.24, 2.45) is 14.1 Å². The summed E-state index contributed by atoms with van der Waals surface area (Å²) in [5, 5.41) is 0. The molecule has 0 N–H and O–H groups in total. The first-order valence-electron chi connectivity index (χ1n) is 12.7. The van der Waals surface area contributed by atoms with Crippen LogP contribution < -0.4 is 16.1 Å². The Bertz CT molecular complexity index is 1790. The molecule has 0 aliphatic carbocycles. The van der Waals surface area contributed by atoms with E-state index < -0.39 is 34.4 Å². The largest absolute Gasteiger partial charge is 0.332 e. The van der Waals surface area contributed by atoms with E-state index in [1.54, 1.807) is 42.9 Å². The molecule has 0 saturated carbocycles. The van der Waals surface area contributed by atoms with Crippen LogP contribution in [0.2, 0.25) is 0 Å². The lowest BCUT2D eigenvalue weighted by Crippen LogP contribution is -2.47. The summed E-state index contributed by atoms with van der Waals surface area (Å²) in [4.78, 5) is 73.6. The van der Waals surface area contributed by atoms with Gasteiger partial charge in [-0.2, -0.15) is 0 Å². The van der Waals surface area contributed by atoms with Crippen LogP contribution in [-0.4, -0.2) is 47.9 Å². The van der Waals surface area contributed by atoms with Gasteiger partial charge in [-0.15, -0.1) is 0 Å². The molecule has 2 aromatic heterocycles. The third kappa shape index (κ3) is 3.49. The lowest BCUT2D eigenvalue weighted by molar-refractivity contribution is -0.142. The molecule has 2 aromatic carbocycles. The van der Waals surface area contributed by atoms with E-state index >= 15 is 0 Å². The quantitative estimate of drug-likeness (QED) is 0.274. The van der Waals surface area contributed by atoms with Crippen LogP contribution in [0.1, 0.15) is 24.0 Å². The van der Waals surface area contributed by atoms with Gasteiger partial charge in [-0.3, -0.25) is 33.2 Å². The van der Waals surface area contributed by atoms with Crippen molar-refractivity contribution >= 4 is 34.6 Å². The van der Waals surface area contributed by atoms with Crippen molar-refractivity contribution in [2.75, 3.05) is 11.4 Å². The van der Waals surface area contributed by atoms with Gasteiger partial charge in [-0.05, 0) is 18.1 Å². The van der Waals surface area contributed by atoms with E-state index in [1.807, 2.05) is 30.3 Å². The number of amides is 3. The lowest BCUT2D eigenvalue weighted by Gasteiger charge is -2.23. The van der Waals surface area contributed by atoms with Gasteiger partial charge in [0.15, 0.2) is 16.6 Å². The van der Waals surface area contributed by atoms with Crippen molar-refractivity contribution in [3.8, 4) is 0 Å². The summed E-state index contributed by atoms with van der Waals surface area (Å²) in [6, 6.07) is 16.2. The maximum absolute atomic E-state index is 13.9. The average molecular weight is 527 g/mol. The van der Waals surface area contributed by atoms with Gasteiger partial charge in [0, 0.05) is 38.4 Å². The number of aromatic nitrogens is 4. The van der Waals surface area contributed by atoms with E-state index in [1.165, 1.54) is 20.7 Å². The molecule has 4 heterocycles. The Morgan fingerprint density at radius 1 is 0.846 bits per heavy atom. The first-order valence-corrected chi connectivity index (χ1v) is 12.7. The van der Waals surface area contributed by atoms with Gasteiger partial charge in [0.1, 0.15) is 0 Å². The highest BCUT2D eigenvalue weighted by Gasteiger charge is 2.63. The van der Waals surface area contributed by atoms with Gasteiger partial charge in [0.25, 0.3) is 5.56 Å². The molecular formula is C28H26N6O5. The molecule has 1 fully saturated rings. The maximum atomic E-state index is 13.9. The molecule has 6 rings (SSSR count). The molecule has 0 radical (unpaired) electrons. The Morgan fingerprint density at radius 2 is 1.54 bits per heavy atom. The highest BCUT2D eigenvalue weighted by atomic mass is 16.2. The summed E-state index contributed by atoms with van der Waals surface area (Å²) in [6.45, 7) is 0.327. The van der Waals surface area contributed by atoms with Crippen molar-refractivity contribution in [2.45, 2.75) is 31.3 Å². The Hall–Kier alpha value is -4.80. The zero-order valence-electron chi connectivity index (χ0n) is 21.5. The minimum Gasteiger partial charge on any atom is -0.328 e. The number of imide groups is 1. The first-order chi connectivity index (χ1) is 18.8. The van der Waals surface area contributed by atoms with Crippen LogP contribution in [0, 0.1) is 0 Å². The minimum atomic E-state index is -1.61. The fourth-order valence-electron chi connectivity index (χ4n) is 5.77. The highest BCUT2D eigenvalue weighted by Crippen LogP contribution is 2.48. The second-order valence-electron chi connectivity index (χ2n) is 10.0. The number of hydrogen-bond acceptors (Lipinski definition) is 6. The van der Waals surface area contributed by atoms with Crippen molar-refractivity contribution in [1.29, 1.82) is 0 Å². The smallest absolute Gasteiger partial charge is 0.328 e. The van der Waals surface area contributed by atoms with Crippen LogP contribution in [0.3, 0.4) is 0 Å². The minimum absolute atomic E-state index is 0.0680. The number of anilines is 1. The number of aryl methyl sites for hydroxylation is 2. The molecule has 1 unspecified atom stereocenters. The van der Waals surface area contributed by atoms with Gasteiger partial charge < -0.3 is 9.47 Å². The van der Waals surface area contributed by atoms with Gasteiger partial charge in [-0.25, -0.2) is 9.78 Å². The molecule has 39 heavy (non-hydrogen) atoms. The van der Waals surface area contributed by atoms with Crippen LogP contribution in [0.15, 0.2) is 70.5 Å². The molecule has 1 spiro atoms. The van der Waals surface area contributed by atoms with Gasteiger partial charge in [0.05, 0.1) is 19.3 Å². The van der Waals surface area contributed by atoms with Crippen LogP contribution in [0.4, 0.5) is 5.69 Å². The number of nitrogens with zero attached hydrogens (tertiary/aromatic N) is 6. The predicted molar refractivity (Wildman–Crippen MR) is 142 cm³/mol. The summed E-state index contributed by atoms with van der Waals surface area (Å²) in [6.07, 6.45) is 1.53. The number of fused-ring (bicyclic) bond motifs is 3. The number of imidazole rings is 1. The fraction of sp³-hybridized carbons (Fsp3) is 0.286. The van der Waals surface area contributed by atoms with E-state index in [9.17, 15) is 24.0 Å². The Kier molecular flexibility index (Phi) is 5.60. The van der Waals surface area contributed by atoms with Gasteiger partial charge in [0.2, 0.25) is 17.7 Å². The van der Waals surface area contributed by atoms with E-state index in [0.29, 0.717) is 22.4 Å². The van der Waals surface area contributed by atoms with Crippen LogP contribution in [0.5, 0.6) is 0 Å². The van der Waals surface area contributed by atoms with Crippen LogP contribution >= 0.6 is 0 Å². The van der Waals surface area contributed by atoms with Gasteiger partial charge in [-0.1, -0.05) is 48.5 Å². The molecule has 2 aliphatic heterocycles. The number of para-hydroxylation sites is 1. The van der Waals surface area contributed by atoms with E-state index in [-0.39, 0.29) is 32.5 Å². The first kappa shape index (κ1) is 24.5. The second-order valence-corrected chi connectivity index (χ2v) is 10.0. The summed E-state index contributed by atoms with van der Waals surface area (Å²) in [7, 11) is 3.24. The van der Waals surface area contributed by atoms with Crippen molar-refractivity contribution in [3.05, 3.63) is 92.9 Å². The Labute approximate surface area is 222 Å². The third-order valence-electron chi connectivity index (χ3n) is 7.74. The topological polar surface area (TPSA) is 120 Å². The molecule has 1 saturated heterocycles. The zero-order valence-corrected chi connectivity index (χ0v) is 21.5. The van der Waals surface area contributed by atoms with Crippen molar-refractivity contribution in [3.63, 3.8) is 0 Å². The number of hydrogen-bond donors (Lipinski definition) is 0. The molecule has 0 bridgehead atoms. The zero-order chi connectivity index (χ0) is 27.5. The SMILES string of the molecule is Cn1cnc2c1c(=O)n(CCCN1C(=O)C3(CC(=O)N(Cc4ccccc4)C3=O)c3ccccc31)c(=O)n2C. The van der Waals surface area contributed by atoms with E-state index in [2.05, 4.69) is 4.98 Å². The van der Waals surface area contributed by atoms with E-state index in [0.717, 1.165) is 10.1 Å². The molecule has 1 atom stereocenters. The summed E-state index contributed by atoms with van der Waals surface area (Å²) in [5.74, 6) is -1.38.